The van der Waals surface area contributed by atoms with Gasteiger partial charge in [-0.15, -0.1) is 11.3 Å². The molecule has 84 valence electrons. The fourth-order valence-electron chi connectivity index (χ4n) is 1.91. The molecule has 1 atom stereocenters. The maximum Gasteiger partial charge on any atom is 0.0973 e. The van der Waals surface area contributed by atoms with Crippen LogP contribution in [0.1, 0.15) is 36.9 Å². The van der Waals surface area contributed by atoms with Crippen LogP contribution < -0.4 is 5.73 Å². The Kier molecular flexibility index (Phi) is 2.83. The van der Waals surface area contributed by atoms with Gasteiger partial charge in [-0.05, 0) is 33.9 Å². The number of nitrogens with two attached hydrogens (primary N) is 1. The van der Waals surface area contributed by atoms with Crippen molar-refractivity contribution in [2.75, 3.05) is 20.1 Å². The molecule has 1 unspecified atom stereocenters. The third-order valence-electron chi connectivity index (χ3n) is 2.92. The van der Waals surface area contributed by atoms with Crippen molar-refractivity contribution in [2.24, 2.45) is 5.73 Å². The molecule has 2 rings (SSSR count). The maximum absolute atomic E-state index is 6.03. The lowest BCUT2D eigenvalue weighted by atomic mass is 10.0. The van der Waals surface area contributed by atoms with Gasteiger partial charge in [-0.2, -0.15) is 0 Å². The van der Waals surface area contributed by atoms with Crippen LogP contribution >= 0.6 is 11.3 Å². The first-order valence-electron chi connectivity index (χ1n) is 5.40. The Morgan fingerprint density at radius 1 is 1.60 bits per heavy atom. The standard InChI is InChI=1S/C11H19N3S/c1-11(2,12)9-7-15-10(13-9)8-4-5-14(3)6-8/h7-8H,4-6,12H2,1-3H3. The van der Waals surface area contributed by atoms with Gasteiger partial charge in [-0.3, -0.25) is 0 Å². The molecule has 0 saturated carbocycles. The van der Waals surface area contributed by atoms with E-state index in [-0.39, 0.29) is 5.54 Å². The van der Waals surface area contributed by atoms with Gasteiger partial charge in [0, 0.05) is 17.8 Å². The van der Waals surface area contributed by atoms with Crippen LogP contribution in [-0.4, -0.2) is 30.0 Å². The van der Waals surface area contributed by atoms with Crippen LogP contribution in [0.5, 0.6) is 0 Å². The molecule has 1 fully saturated rings. The Balaban J connectivity index is 2.14. The molecule has 0 aliphatic carbocycles. The van der Waals surface area contributed by atoms with Crippen molar-refractivity contribution >= 4 is 11.3 Å². The Morgan fingerprint density at radius 2 is 2.33 bits per heavy atom. The summed E-state index contributed by atoms with van der Waals surface area (Å²) in [5, 5.41) is 3.36. The molecule has 1 aliphatic heterocycles. The normalized spacial score (nSPS) is 23.6. The second-order valence-corrected chi connectivity index (χ2v) is 5.93. The topological polar surface area (TPSA) is 42.2 Å². The number of rotatable bonds is 2. The Bertz CT molecular complexity index is 340. The summed E-state index contributed by atoms with van der Waals surface area (Å²) < 4.78 is 0. The molecule has 1 aliphatic rings. The summed E-state index contributed by atoms with van der Waals surface area (Å²) in [4.78, 5) is 7.03. The van der Waals surface area contributed by atoms with E-state index in [1.165, 1.54) is 18.0 Å². The van der Waals surface area contributed by atoms with E-state index in [2.05, 4.69) is 22.3 Å². The van der Waals surface area contributed by atoms with Gasteiger partial charge in [-0.25, -0.2) is 4.98 Å². The number of thiazole rings is 1. The van der Waals surface area contributed by atoms with E-state index in [1.54, 1.807) is 11.3 Å². The molecule has 0 spiro atoms. The minimum absolute atomic E-state index is 0.306. The average molecular weight is 225 g/mol. The molecule has 1 aromatic heterocycles. The molecule has 0 amide bonds. The van der Waals surface area contributed by atoms with Gasteiger partial charge in [0.1, 0.15) is 0 Å². The third-order valence-corrected chi connectivity index (χ3v) is 3.93. The molecule has 0 bridgehead atoms. The minimum atomic E-state index is -0.306. The first-order valence-corrected chi connectivity index (χ1v) is 6.28. The zero-order valence-corrected chi connectivity index (χ0v) is 10.5. The van der Waals surface area contributed by atoms with E-state index in [4.69, 9.17) is 5.73 Å². The van der Waals surface area contributed by atoms with Crippen molar-refractivity contribution in [3.05, 3.63) is 16.1 Å². The quantitative estimate of drug-likeness (QED) is 0.834. The smallest absolute Gasteiger partial charge is 0.0973 e. The first kappa shape index (κ1) is 11.0. The summed E-state index contributed by atoms with van der Waals surface area (Å²) in [5.41, 5.74) is 6.75. The molecule has 2 N–H and O–H groups in total. The molecular formula is C11H19N3S. The zero-order chi connectivity index (χ0) is 11.1. The number of nitrogens with zero attached hydrogens (tertiary/aromatic N) is 2. The highest BCUT2D eigenvalue weighted by atomic mass is 32.1. The van der Waals surface area contributed by atoms with Crippen molar-refractivity contribution in [3.8, 4) is 0 Å². The highest BCUT2D eigenvalue weighted by Crippen LogP contribution is 2.30. The van der Waals surface area contributed by atoms with E-state index >= 15 is 0 Å². The lowest BCUT2D eigenvalue weighted by Crippen LogP contribution is -2.29. The van der Waals surface area contributed by atoms with Gasteiger partial charge in [0.15, 0.2) is 0 Å². The van der Waals surface area contributed by atoms with Gasteiger partial charge < -0.3 is 10.6 Å². The molecular weight excluding hydrogens is 206 g/mol. The zero-order valence-electron chi connectivity index (χ0n) is 9.66. The van der Waals surface area contributed by atoms with Crippen molar-refractivity contribution in [3.63, 3.8) is 0 Å². The molecule has 4 heteroatoms. The highest BCUT2D eigenvalue weighted by Gasteiger charge is 2.26. The SMILES string of the molecule is CN1CCC(c2nc(C(C)(C)N)cs2)C1. The number of likely N-dealkylation sites (N-methyl/N-ethyl adjacent to an activating group) is 1. The summed E-state index contributed by atoms with van der Waals surface area (Å²) in [7, 11) is 2.17. The highest BCUT2D eigenvalue weighted by molar-refractivity contribution is 7.09. The lowest BCUT2D eigenvalue weighted by molar-refractivity contribution is 0.411. The Labute approximate surface area is 95.3 Å². The molecule has 2 heterocycles. The molecule has 3 nitrogen and oxygen atoms in total. The van der Waals surface area contributed by atoms with Crippen LogP contribution in [0, 0.1) is 0 Å². The van der Waals surface area contributed by atoms with Crippen LogP contribution in [0.3, 0.4) is 0 Å². The number of hydrogen-bond donors (Lipinski definition) is 1. The maximum atomic E-state index is 6.03. The van der Waals surface area contributed by atoms with Crippen LogP contribution in [-0.2, 0) is 5.54 Å². The minimum Gasteiger partial charge on any atom is -0.321 e. The molecule has 1 aromatic rings. The number of likely N-dealkylation sites (tertiary alicyclic amines) is 1. The van der Waals surface area contributed by atoms with Crippen molar-refractivity contribution in [1.82, 2.24) is 9.88 Å². The summed E-state index contributed by atoms with van der Waals surface area (Å²) in [6.07, 6.45) is 1.23. The van der Waals surface area contributed by atoms with Gasteiger partial charge in [-0.1, -0.05) is 0 Å². The first-order chi connectivity index (χ1) is 6.97. The fourth-order valence-corrected chi connectivity index (χ4v) is 3.03. The van der Waals surface area contributed by atoms with Crippen LogP contribution in [0.15, 0.2) is 5.38 Å². The molecule has 0 aromatic carbocycles. The third kappa shape index (κ3) is 2.38. The monoisotopic (exact) mass is 225 g/mol. The van der Waals surface area contributed by atoms with Crippen LogP contribution in [0.2, 0.25) is 0 Å². The van der Waals surface area contributed by atoms with Crippen LogP contribution in [0.25, 0.3) is 0 Å². The van der Waals surface area contributed by atoms with Crippen molar-refractivity contribution in [1.29, 1.82) is 0 Å². The second kappa shape index (κ2) is 3.85. The van der Waals surface area contributed by atoms with Gasteiger partial charge in [0.05, 0.1) is 16.2 Å². The van der Waals surface area contributed by atoms with Crippen molar-refractivity contribution < 1.29 is 0 Å². The predicted octanol–water partition coefficient (Wildman–Crippen LogP) is 1.76. The van der Waals surface area contributed by atoms with E-state index in [0.29, 0.717) is 5.92 Å². The summed E-state index contributed by atoms with van der Waals surface area (Å²) in [6, 6.07) is 0. The van der Waals surface area contributed by atoms with Gasteiger partial charge >= 0.3 is 0 Å². The van der Waals surface area contributed by atoms with Crippen LogP contribution in [0.4, 0.5) is 0 Å². The number of hydrogen-bond acceptors (Lipinski definition) is 4. The Morgan fingerprint density at radius 3 is 2.80 bits per heavy atom. The fraction of sp³-hybridized carbons (Fsp3) is 0.727. The Hall–Kier alpha value is -0.450. The van der Waals surface area contributed by atoms with E-state index in [1.807, 2.05) is 13.8 Å². The molecule has 0 radical (unpaired) electrons. The van der Waals surface area contributed by atoms with Gasteiger partial charge in [0.2, 0.25) is 0 Å². The van der Waals surface area contributed by atoms with E-state index in [9.17, 15) is 0 Å². The number of aromatic nitrogens is 1. The van der Waals surface area contributed by atoms with E-state index < -0.39 is 0 Å². The van der Waals surface area contributed by atoms with E-state index in [0.717, 1.165) is 12.2 Å². The summed E-state index contributed by atoms with van der Waals surface area (Å²) >= 11 is 1.76. The van der Waals surface area contributed by atoms with Crippen molar-refractivity contribution in [2.45, 2.75) is 31.7 Å². The van der Waals surface area contributed by atoms with Gasteiger partial charge in [0.25, 0.3) is 0 Å². The summed E-state index contributed by atoms with van der Waals surface area (Å²) in [5.74, 6) is 0.621. The predicted molar refractivity (Wildman–Crippen MR) is 64.2 cm³/mol. The molecule has 15 heavy (non-hydrogen) atoms. The lowest BCUT2D eigenvalue weighted by Gasteiger charge is -2.15. The summed E-state index contributed by atoms with van der Waals surface area (Å²) in [6.45, 7) is 6.34. The average Bonchev–Trinajstić information content (AvgIpc) is 2.69. The largest absolute Gasteiger partial charge is 0.321 e. The second-order valence-electron chi connectivity index (χ2n) is 5.04. The molecule has 1 saturated heterocycles.